The fourth-order valence-electron chi connectivity index (χ4n) is 2.79. The van der Waals surface area contributed by atoms with Crippen molar-refractivity contribution < 1.29 is 27.6 Å². The van der Waals surface area contributed by atoms with Crippen molar-refractivity contribution in [2.75, 3.05) is 6.54 Å². The third-order valence-electron chi connectivity index (χ3n) is 3.86. The van der Waals surface area contributed by atoms with Gasteiger partial charge in [0.25, 0.3) is 5.91 Å². The molecule has 4 amide bonds. The molecule has 9 heteroatoms. The Morgan fingerprint density at radius 3 is 2.31 bits per heavy atom. The highest BCUT2D eigenvalue weighted by Gasteiger charge is 2.52. The Morgan fingerprint density at radius 1 is 1.19 bits per heavy atom. The predicted octanol–water partition coefficient (Wildman–Crippen LogP) is 2.39. The average molecular weight is 371 g/mol. The van der Waals surface area contributed by atoms with Crippen LogP contribution in [-0.2, 0) is 21.3 Å². The Kier molecular flexibility index (Phi) is 4.78. The molecule has 1 aromatic rings. The number of nitrogens with zero attached hydrogens (tertiary/aromatic N) is 1. The summed E-state index contributed by atoms with van der Waals surface area (Å²) in [6.45, 7) is 5.78. The molecule has 0 saturated carbocycles. The molecule has 2 rings (SSSR count). The number of hydrogen-bond acceptors (Lipinski definition) is 3. The molecule has 0 aromatic heterocycles. The van der Waals surface area contributed by atoms with Crippen LogP contribution < -0.4 is 10.6 Å². The molecule has 0 aliphatic carbocycles. The van der Waals surface area contributed by atoms with E-state index in [1.165, 1.54) is 19.1 Å². The summed E-state index contributed by atoms with van der Waals surface area (Å²) >= 11 is 0. The van der Waals surface area contributed by atoms with Gasteiger partial charge in [-0.15, -0.1) is 0 Å². The van der Waals surface area contributed by atoms with E-state index in [4.69, 9.17) is 0 Å². The highest BCUT2D eigenvalue weighted by atomic mass is 19.4. The van der Waals surface area contributed by atoms with E-state index in [1.54, 1.807) is 20.8 Å². The van der Waals surface area contributed by atoms with Gasteiger partial charge in [-0.3, -0.25) is 14.5 Å². The first-order valence-electron chi connectivity index (χ1n) is 7.87. The van der Waals surface area contributed by atoms with Crippen LogP contribution in [0.4, 0.5) is 18.0 Å². The van der Waals surface area contributed by atoms with Gasteiger partial charge in [-0.2, -0.15) is 13.2 Å². The number of hydrogen-bond donors (Lipinski definition) is 2. The molecule has 0 bridgehead atoms. The summed E-state index contributed by atoms with van der Waals surface area (Å²) in [4.78, 5) is 37.5. The van der Waals surface area contributed by atoms with Crippen molar-refractivity contribution in [3.8, 4) is 0 Å². The van der Waals surface area contributed by atoms with E-state index in [0.29, 0.717) is 4.90 Å². The second-order valence-electron chi connectivity index (χ2n) is 7.29. The highest BCUT2D eigenvalue weighted by molar-refractivity contribution is 6.09. The first-order valence-corrected chi connectivity index (χ1v) is 7.87. The van der Waals surface area contributed by atoms with E-state index in [-0.39, 0.29) is 5.56 Å². The molecule has 2 N–H and O–H groups in total. The third-order valence-corrected chi connectivity index (χ3v) is 3.86. The van der Waals surface area contributed by atoms with Crippen LogP contribution in [0.25, 0.3) is 0 Å². The zero-order chi connectivity index (χ0) is 19.9. The van der Waals surface area contributed by atoms with Crippen molar-refractivity contribution in [2.45, 2.75) is 44.9 Å². The number of amides is 4. The first kappa shape index (κ1) is 19.7. The van der Waals surface area contributed by atoms with Crippen LogP contribution in [0, 0.1) is 0 Å². The van der Waals surface area contributed by atoms with Crippen LogP contribution in [0.2, 0.25) is 0 Å². The van der Waals surface area contributed by atoms with Gasteiger partial charge in [-0.1, -0.05) is 18.2 Å². The predicted molar refractivity (Wildman–Crippen MR) is 86.9 cm³/mol. The number of urea groups is 1. The SMILES string of the molecule is CC(C)(C)NC(=O)CN1C(=O)N[C@@](C)(c2ccccc2C(F)(F)F)C1=O. The second-order valence-corrected chi connectivity index (χ2v) is 7.29. The molecule has 142 valence electrons. The van der Waals surface area contributed by atoms with Crippen molar-refractivity contribution in [3.63, 3.8) is 0 Å². The van der Waals surface area contributed by atoms with Crippen molar-refractivity contribution in [1.82, 2.24) is 15.5 Å². The number of halogens is 3. The Bertz CT molecular complexity index is 756. The maximum absolute atomic E-state index is 13.3. The molecule has 1 heterocycles. The lowest BCUT2D eigenvalue weighted by Gasteiger charge is -2.26. The van der Waals surface area contributed by atoms with Gasteiger partial charge < -0.3 is 10.6 Å². The van der Waals surface area contributed by atoms with Crippen LogP contribution in [0.5, 0.6) is 0 Å². The number of benzene rings is 1. The minimum Gasteiger partial charge on any atom is -0.350 e. The van der Waals surface area contributed by atoms with Gasteiger partial charge in [0.2, 0.25) is 5.91 Å². The van der Waals surface area contributed by atoms with Crippen LogP contribution in [0.3, 0.4) is 0 Å². The number of carbonyl (C=O) groups excluding carboxylic acids is 3. The molecule has 1 aliphatic rings. The number of imide groups is 1. The van der Waals surface area contributed by atoms with E-state index in [0.717, 1.165) is 12.1 Å². The zero-order valence-electron chi connectivity index (χ0n) is 14.8. The smallest absolute Gasteiger partial charge is 0.350 e. The largest absolute Gasteiger partial charge is 0.416 e. The fourth-order valence-corrected chi connectivity index (χ4v) is 2.79. The summed E-state index contributed by atoms with van der Waals surface area (Å²) in [5.74, 6) is -1.50. The van der Waals surface area contributed by atoms with Crippen LogP contribution in [0.1, 0.15) is 38.8 Å². The van der Waals surface area contributed by atoms with Crippen molar-refractivity contribution in [3.05, 3.63) is 35.4 Å². The second kappa shape index (κ2) is 6.30. The standard InChI is InChI=1S/C17H20F3N3O3/c1-15(2,3)21-12(24)9-23-13(25)16(4,22-14(23)26)10-7-5-6-8-11(10)17(18,19)20/h5-8H,9H2,1-4H3,(H,21,24)(H,22,26)/t16-/m0/s1. The minimum absolute atomic E-state index is 0.371. The molecule has 1 saturated heterocycles. The van der Waals surface area contributed by atoms with E-state index in [1.807, 2.05) is 0 Å². The van der Waals surface area contributed by atoms with Crippen LogP contribution >= 0.6 is 0 Å². The van der Waals surface area contributed by atoms with Gasteiger partial charge in [-0.05, 0) is 39.3 Å². The molecule has 1 aromatic carbocycles. The number of rotatable bonds is 3. The van der Waals surface area contributed by atoms with Gasteiger partial charge in [0.05, 0.1) is 5.56 Å². The van der Waals surface area contributed by atoms with Crippen molar-refractivity contribution in [2.24, 2.45) is 0 Å². The van der Waals surface area contributed by atoms with Gasteiger partial charge in [0, 0.05) is 5.54 Å². The number of alkyl halides is 3. The lowest BCUT2D eigenvalue weighted by atomic mass is 9.87. The average Bonchev–Trinajstić information content (AvgIpc) is 2.69. The molecule has 26 heavy (non-hydrogen) atoms. The first-order chi connectivity index (χ1) is 11.8. The Labute approximate surface area is 148 Å². The fraction of sp³-hybridized carbons (Fsp3) is 0.471. The summed E-state index contributed by atoms with van der Waals surface area (Å²) in [5, 5.41) is 4.88. The molecule has 0 radical (unpaired) electrons. The Balaban J connectivity index is 2.35. The van der Waals surface area contributed by atoms with Gasteiger partial charge in [0.15, 0.2) is 0 Å². The quantitative estimate of drug-likeness (QED) is 0.801. The summed E-state index contributed by atoms with van der Waals surface area (Å²) in [7, 11) is 0. The highest BCUT2D eigenvalue weighted by Crippen LogP contribution is 2.39. The van der Waals surface area contributed by atoms with Gasteiger partial charge in [-0.25, -0.2) is 4.79 Å². The topological polar surface area (TPSA) is 78.5 Å². The number of carbonyl (C=O) groups is 3. The molecule has 0 spiro atoms. The maximum atomic E-state index is 13.3. The van der Waals surface area contributed by atoms with E-state index in [9.17, 15) is 27.6 Å². The lowest BCUT2D eigenvalue weighted by molar-refractivity contribution is -0.140. The Hall–Kier alpha value is -2.58. The summed E-state index contributed by atoms with van der Waals surface area (Å²) in [5.41, 5.74) is -3.88. The molecule has 1 aliphatic heterocycles. The zero-order valence-corrected chi connectivity index (χ0v) is 14.8. The van der Waals surface area contributed by atoms with E-state index in [2.05, 4.69) is 10.6 Å². The maximum Gasteiger partial charge on any atom is 0.416 e. The van der Waals surface area contributed by atoms with Crippen molar-refractivity contribution >= 4 is 17.8 Å². The van der Waals surface area contributed by atoms with Crippen LogP contribution in [-0.4, -0.2) is 34.8 Å². The normalized spacial score (nSPS) is 21.0. The molecular weight excluding hydrogens is 351 g/mol. The summed E-state index contributed by atoms with van der Waals surface area (Å²) < 4.78 is 39.9. The van der Waals surface area contributed by atoms with Crippen molar-refractivity contribution in [1.29, 1.82) is 0 Å². The molecular formula is C17H20F3N3O3. The molecule has 1 atom stereocenters. The molecule has 1 fully saturated rings. The van der Waals surface area contributed by atoms with E-state index < -0.39 is 47.2 Å². The summed E-state index contributed by atoms with van der Waals surface area (Å²) in [6, 6.07) is 3.61. The monoisotopic (exact) mass is 371 g/mol. The van der Waals surface area contributed by atoms with Gasteiger partial charge >= 0.3 is 12.2 Å². The lowest BCUT2D eigenvalue weighted by Crippen LogP contribution is -2.48. The summed E-state index contributed by atoms with van der Waals surface area (Å²) in [6.07, 6.45) is -4.69. The third kappa shape index (κ3) is 3.81. The minimum atomic E-state index is -4.69. The van der Waals surface area contributed by atoms with E-state index >= 15 is 0 Å². The number of nitrogens with one attached hydrogen (secondary N) is 2. The molecule has 6 nitrogen and oxygen atoms in total. The molecule has 0 unspecified atom stereocenters. The Morgan fingerprint density at radius 2 is 1.77 bits per heavy atom. The van der Waals surface area contributed by atoms with Crippen LogP contribution in [0.15, 0.2) is 24.3 Å². The van der Waals surface area contributed by atoms with Gasteiger partial charge in [0.1, 0.15) is 12.1 Å².